The molecule has 0 saturated carbocycles. The fraction of sp³-hybridized carbons (Fsp3) is 0.476. The van der Waals surface area contributed by atoms with Crippen LogP contribution >= 0.6 is 11.3 Å². The van der Waals surface area contributed by atoms with E-state index in [1.54, 1.807) is 22.0 Å². The van der Waals surface area contributed by atoms with E-state index in [0.29, 0.717) is 32.8 Å². The third kappa shape index (κ3) is 4.13. The van der Waals surface area contributed by atoms with Crippen molar-refractivity contribution in [2.75, 3.05) is 26.3 Å². The SMILES string of the molecule is CCOCC(=O)N1C[C@@H]2C[C@H](C1)c1ccc(C(=O)NCc3cccs3)c(=O)n1C2. The molecule has 7 nitrogen and oxygen atoms in total. The molecule has 29 heavy (non-hydrogen) atoms. The predicted molar refractivity (Wildman–Crippen MR) is 110 cm³/mol. The van der Waals surface area contributed by atoms with E-state index in [2.05, 4.69) is 5.32 Å². The summed E-state index contributed by atoms with van der Waals surface area (Å²) in [4.78, 5) is 40.8. The number of piperidine rings is 1. The highest BCUT2D eigenvalue weighted by atomic mass is 32.1. The molecule has 0 unspecified atom stereocenters. The fourth-order valence-electron chi connectivity index (χ4n) is 4.28. The number of ether oxygens (including phenoxy) is 1. The molecule has 2 atom stereocenters. The summed E-state index contributed by atoms with van der Waals surface area (Å²) in [7, 11) is 0. The van der Waals surface area contributed by atoms with Crippen LogP contribution in [0.1, 0.15) is 40.2 Å². The highest BCUT2D eigenvalue weighted by molar-refractivity contribution is 7.09. The zero-order chi connectivity index (χ0) is 20.4. The van der Waals surface area contributed by atoms with E-state index in [0.717, 1.165) is 17.0 Å². The summed E-state index contributed by atoms with van der Waals surface area (Å²) < 4.78 is 7.00. The number of carbonyl (C=O) groups excluding carboxylic acids is 2. The monoisotopic (exact) mass is 415 g/mol. The molecule has 4 heterocycles. The number of nitrogens with zero attached hydrogens (tertiary/aromatic N) is 2. The summed E-state index contributed by atoms with van der Waals surface area (Å²) in [6.45, 7) is 4.66. The first-order valence-corrected chi connectivity index (χ1v) is 10.8. The molecule has 0 spiro atoms. The molecular weight excluding hydrogens is 390 g/mol. The Morgan fingerprint density at radius 1 is 1.24 bits per heavy atom. The van der Waals surface area contributed by atoms with Gasteiger partial charge in [-0.25, -0.2) is 0 Å². The van der Waals surface area contributed by atoms with Gasteiger partial charge in [-0.3, -0.25) is 14.4 Å². The van der Waals surface area contributed by atoms with Crippen LogP contribution in [0, 0.1) is 5.92 Å². The van der Waals surface area contributed by atoms with Crippen LogP contribution in [0.15, 0.2) is 34.4 Å². The Hall–Kier alpha value is -2.45. The molecule has 2 aromatic heterocycles. The van der Waals surface area contributed by atoms with E-state index >= 15 is 0 Å². The number of pyridine rings is 1. The van der Waals surface area contributed by atoms with Crippen molar-refractivity contribution in [1.82, 2.24) is 14.8 Å². The van der Waals surface area contributed by atoms with Gasteiger partial charge in [-0.15, -0.1) is 11.3 Å². The molecule has 0 radical (unpaired) electrons. The van der Waals surface area contributed by atoms with Crippen molar-refractivity contribution >= 4 is 23.2 Å². The molecule has 1 saturated heterocycles. The van der Waals surface area contributed by atoms with Crippen LogP contribution in [0.25, 0.3) is 0 Å². The lowest BCUT2D eigenvalue weighted by Gasteiger charge is -2.42. The van der Waals surface area contributed by atoms with Gasteiger partial charge in [0.2, 0.25) is 5.91 Å². The van der Waals surface area contributed by atoms with Gasteiger partial charge in [-0.05, 0) is 42.8 Å². The number of hydrogen-bond acceptors (Lipinski definition) is 5. The maximum Gasteiger partial charge on any atom is 0.263 e. The lowest BCUT2D eigenvalue weighted by Crippen LogP contribution is -2.50. The van der Waals surface area contributed by atoms with Crippen molar-refractivity contribution in [3.05, 3.63) is 56.1 Å². The normalized spacial score (nSPS) is 20.2. The zero-order valence-electron chi connectivity index (χ0n) is 16.4. The summed E-state index contributed by atoms with van der Waals surface area (Å²) in [6, 6.07) is 7.38. The summed E-state index contributed by atoms with van der Waals surface area (Å²) in [6.07, 6.45) is 0.960. The highest BCUT2D eigenvalue weighted by Gasteiger charge is 2.36. The van der Waals surface area contributed by atoms with Crippen LogP contribution in [0.2, 0.25) is 0 Å². The number of amides is 2. The summed E-state index contributed by atoms with van der Waals surface area (Å²) in [5.41, 5.74) is 0.847. The molecule has 0 aliphatic carbocycles. The number of likely N-dealkylation sites (tertiary alicyclic amines) is 1. The minimum Gasteiger partial charge on any atom is -0.372 e. The van der Waals surface area contributed by atoms with Crippen molar-refractivity contribution in [2.24, 2.45) is 5.92 Å². The number of carbonyl (C=O) groups is 2. The van der Waals surface area contributed by atoms with Gasteiger partial charge < -0.3 is 19.5 Å². The summed E-state index contributed by atoms with van der Waals surface area (Å²) in [5.74, 6) is -0.0113. The van der Waals surface area contributed by atoms with Crippen LogP contribution in [0.3, 0.4) is 0 Å². The molecule has 8 heteroatoms. The van der Waals surface area contributed by atoms with Crippen molar-refractivity contribution in [3.63, 3.8) is 0 Å². The van der Waals surface area contributed by atoms with Crippen LogP contribution in [0.5, 0.6) is 0 Å². The molecule has 1 N–H and O–H groups in total. The van der Waals surface area contributed by atoms with Crippen LogP contribution in [-0.4, -0.2) is 47.6 Å². The first-order chi connectivity index (χ1) is 14.1. The third-order valence-corrected chi connectivity index (χ3v) is 6.51. The van der Waals surface area contributed by atoms with Gasteiger partial charge in [0.05, 0.1) is 6.54 Å². The van der Waals surface area contributed by atoms with E-state index < -0.39 is 0 Å². The standard InChI is InChI=1S/C21H25N3O4S/c1-2-28-13-19(25)23-10-14-8-15(12-23)18-6-5-17(21(27)24(18)11-14)20(26)22-9-16-4-3-7-29-16/h3-7,14-15H,2,8-13H2,1H3,(H,22,26)/t14-,15+/m0/s1. The van der Waals surface area contributed by atoms with Gasteiger partial charge in [0, 0.05) is 42.7 Å². The number of rotatable bonds is 6. The van der Waals surface area contributed by atoms with Crippen molar-refractivity contribution in [3.8, 4) is 0 Å². The van der Waals surface area contributed by atoms with Crippen molar-refractivity contribution in [1.29, 1.82) is 0 Å². The molecule has 154 valence electrons. The molecule has 2 bridgehead atoms. The quantitative estimate of drug-likeness (QED) is 0.781. The lowest BCUT2D eigenvalue weighted by atomic mass is 9.83. The van der Waals surface area contributed by atoms with Crippen LogP contribution < -0.4 is 10.9 Å². The second kappa shape index (κ2) is 8.51. The topological polar surface area (TPSA) is 80.6 Å². The van der Waals surface area contributed by atoms with Crippen molar-refractivity contribution < 1.29 is 14.3 Å². The smallest absolute Gasteiger partial charge is 0.263 e. The first kappa shape index (κ1) is 19.8. The Labute approximate surface area is 173 Å². The number of aromatic nitrogens is 1. The van der Waals surface area contributed by atoms with Gasteiger partial charge >= 0.3 is 0 Å². The minimum absolute atomic E-state index is 0.00178. The van der Waals surface area contributed by atoms with E-state index in [9.17, 15) is 14.4 Å². The highest BCUT2D eigenvalue weighted by Crippen LogP contribution is 2.35. The second-order valence-corrected chi connectivity index (χ2v) is 8.62. The van der Waals surface area contributed by atoms with Gasteiger partial charge in [0.25, 0.3) is 11.5 Å². The average molecular weight is 416 g/mol. The largest absolute Gasteiger partial charge is 0.372 e. The minimum atomic E-state index is -0.344. The van der Waals surface area contributed by atoms with Crippen LogP contribution in [0.4, 0.5) is 0 Å². The molecule has 1 fully saturated rings. The lowest BCUT2D eigenvalue weighted by molar-refractivity contribution is -0.138. The Bertz CT molecular complexity index is 953. The molecule has 4 rings (SSSR count). The maximum atomic E-state index is 13.0. The number of thiophene rings is 1. The molecule has 2 amide bonds. The van der Waals surface area contributed by atoms with Crippen molar-refractivity contribution in [2.45, 2.75) is 32.4 Å². The van der Waals surface area contributed by atoms with E-state index in [1.807, 2.05) is 35.4 Å². The summed E-state index contributed by atoms with van der Waals surface area (Å²) in [5, 5.41) is 4.79. The van der Waals surface area contributed by atoms with E-state index in [1.165, 1.54) is 0 Å². The third-order valence-electron chi connectivity index (χ3n) is 5.63. The second-order valence-electron chi connectivity index (χ2n) is 7.58. The average Bonchev–Trinajstić information content (AvgIpc) is 3.24. The molecule has 2 aliphatic rings. The maximum absolute atomic E-state index is 13.0. The summed E-state index contributed by atoms with van der Waals surface area (Å²) >= 11 is 1.57. The van der Waals surface area contributed by atoms with E-state index in [4.69, 9.17) is 4.74 Å². The van der Waals surface area contributed by atoms with Gasteiger partial charge in [-0.1, -0.05) is 6.07 Å². The Morgan fingerprint density at radius 3 is 2.86 bits per heavy atom. The first-order valence-electron chi connectivity index (χ1n) is 9.96. The van der Waals surface area contributed by atoms with E-state index in [-0.39, 0.29) is 41.4 Å². The zero-order valence-corrected chi connectivity index (χ0v) is 17.2. The molecular formula is C21H25N3O4S. The molecule has 2 aromatic rings. The number of fused-ring (bicyclic) bond motifs is 4. The van der Waals surface area contributed by atoms with Gasteiger partial charge in [-0.2, -0.15) is 0 Å². The Balaban J connectivity index is 1.50. The fourth-order valence-corrected chi connectivity index (χ4v) is 4.92. The molecule has 2 aliphatic heterocycles. The van der Waals surface area contributed by atoms with Gasteiger partial charge in [0.15, 0.2) is 0 Å². The predicted octanol–water partition coefficient (Wildman–Crippen LogP) is 1.82. The Morgan fingerprint density at radius 2 is 2.10 bits per heavy atom. The molecule has 0 aromatic carbocycles. The Kier molecular flexibility index (Phi) is 5.82. The van der Waals surface area contributed by atoms with Crippen LogP contribution in [-0.2, 0) is 22.6 Å². The van der Waals surface area contributed by atoms with Gasteiger partial charge in [0.1, 0.15) is 12.2 Å². The number of hydrogen-bond donors (Lipinski definition) is 1. The number of nitrogens with one attached hydrogen (secondary N) is 1.